The summed E-state index contributed by atoms with van der Waals surface area (Å²) in [5.41, 5.74) is 7.56. The summed E-state index contributed by atoms with van der Waals surface area (Å²) in [6.45, 7) is 6.82. The molecule has 90 valence electrons. The average Bonchev–Trinajstić information content (AvgIpc) is 2.23. The highest BCUT2D eigenvalue weighted by Crippen LogP contribution is 2.13. The number of nitrogens with two attached hydrogens (primary N) is 1. The molecule has 0 saturated heterocycles. The molecule has 0 aliphatic heterocycles. The van der Waals surface area contributed by atoms with Gasteiger partial charge in [-0.1, -0.05) is 13.0 Å². The van der Waals surface area contributed by atoms with Crippen molar-refractivity contribution < 1.29 is 9.13 Å². The van der Waals surface area contributed by atoms with Crippen molar-refractivity contribution in [2.45, 2.75) is 39.3 Å². The molecule has 0 fully saturated rings. The van der Waals surface area contributed by atoms with Crippen LogP contribution in [-0.2, 0) is 11.3 Å². The Balaban J connectivity index is 2.52. The van der Waals surface area contributed by atoms with Crippen molar-refractivity contribution in [3.63, 3.8) is 0 Å². The van der Waals surface area contributed by atoms with Gasteiger partial charge in [-0.2, -0.15) is 0 Å². The van der Waals surface area contributed by atoms with Crippen LogP contribution >= 0.6 is 0 Å². The Bertz CT molecular complexity index is 350. The Morgan fingerprint density at radius 3 is 2.75 bits per heavy atom. The van der Waals surface area contributed by atoms with Crippen LogP contribution in [0.25, 0.3) is 0 Å². The smallest absolute Gasteiger partial charge is 0.123 e. The summed E-state index contributed by atoms with van der Waals surface area (Å²) in [5, 5.41) is 0. The molecule has 0 saturated carbocycles. The minimum atomic E-state index is -0.304. The number of hydrogen-bond acceptors (Lipinski definition) is 2. The lowest BCUT2D eigenvalue weighted by atomic mass is 10.0. The van der Waals surface area contributed by atoms with Crippen LogP contribution in [0, 0.1) is 12.7 Å². The molecule has 1 aromatic carbocycles. The van der Waals surface area contributed by atoms with E-state index >= 15 is 0 Å². The number of benzene rings is 1. The van der Waals surface area contributed by atoms with Crippen molar-refractivity contribution in [2.24, 2.45) is 5.73 Å². The fraction of sp³-hybridized carbons (Fsp3) is 0.538. The second kappa shape index (κ2) is 5.41. The van der Waals surface area contributed by atoms with Gasteiger partial charge in [0.05, 0.1) is 13.2 Å². The molecule has 0 amide bonds. The Kier molecular flexibility index (Phi) is 4.44. The van der Waals surface area contributed by atoms with Gasteiger partial charge in [0.15, 0.2) is 0 Å². The first-order chi connectivity index (χ1) is 7.44. The Morgan fingerprint density at radius 2 is 2.12 bits per heavy atom. The van der Waals surface area contributed by atoms with Crippen LogP contribution in [0.5, 0.6) is 0 Å². The predicted molar refractivity (Wildman–Crippen MR) is 63.7 cm³/mol. The first kappa shape index (κ1) is 13.1. The van der Waals surface area contributed by atoms with Crippen LogP contribution in [0.2, 0.25) is 0 Å². The number of halogens is 1. The maximum absolute atomic E-state index is 13.0. The molecule has 3 heteroatoms. The van der Waals surface area contributed by atoms with Crippen molar-refractivity contribution >= 4 is 0 Å². The van der Waals surface area contributed by atoms with E-state index in [1.807, 2.05) is 20.8 Å². The van der Waals surface area contributed by atoms with Crippen LogP contribution in [-0.4, -0.2) is 12.1 Å². The molecule has 0 aromatic heterocycles. The quantitative estimate of drug-likeness (QED) is 0.836. The standard InChI is InChI=1S/C13H20FNO/c1-4-13(3,15)9-16-8-11-7-12(14)6-5-10(11)2/h5-7H,4,8-9,15H2,1-3H3. The molecular weight excluding hydrogens is 205 g/mol. The van der Waals surface area contributed by atoms with E-state index in [-0.39, 0.29) is 11.4 Å². The third-order valence-electron chi connectivity index (χ3n) is 2.81. The second-order valence-electron chi connectivity index (χ2n) is 4.57. The van der Waals surface area contributed by atoms with Crippen molar-refractivity contribution in [2.75, 3.05) is 6.61 Å². The lowest BCUT2D eigenvalue weighted by Gasteiger charge is -2.22. The minimum absolute atomic E-state index is 0.227. The van der Waals surface area contributed by atoms with Gasteiger partial charge in [0.2, 0.25) is 0 Å². The first-order valence-corrected chi connectivity index (χ1v) is 5.56. The summed E-state index contributed by atoms with van der Waals surface area (Å²) in [7, 11) is 0. The molecule has 1 atom stereocenters. The van der Waals surface area contributed by atoms with Gasteiger partial charge in [-0.25, -0.2) is 4.39 Å². The topological polar surface area (TPSA) is 35.2 Å². The SMILES string of the molecule is CCC(C)(N)COCc1cc(F)ccc1C. The van der Waals surface area contributed by atoms with Gasteiger partial charge in [0.1, 0.15) is 5.82 Å². The fourth-order valence-electron chi connectivity index (χ4n) is 1.29. The summed E-state index contributed by atoms with van der Waals surface area (Å²) in [5.74, 6) is -0.227. The maximum Gasteiger partial charge on any atom is 0.123 e. The van der Waals surface area contributed by atoms with E-state index in [1.54, 1.807) is 6.07 Å². The Morgan fingerprint density at radius 1 is 1.44 bits per heavy atom. The van der Waals surface area contributed by atoms with Gasteiger partial charge in [-0.05, 0) is 43.5 Å². The molecule has 1 unspecified atom stereocenters. The Hall–Kier alpha value is -0.930. The summed E-state index contributed by atoms with van der Waals surface area (Å²) in [6, 6.07) is 4.72. The largest absolute Gasteiger partial charge is 0.375 e. The van der Waals surface area contributed by atoms with E-state index in [0.29, 0.717) is 13.2 Å². The van der Waals surface area contributed by atoms with Gasteiger partial charge in [0, 0.05) is 5.54 Å². The van der Waals surface area contributed by atoms with Gasteiger partial charge in [0.25, 0.3) is 0 Å². The number of aryl methyl sites for hydroxylation is 1. The summed E-state index contributed by atoms with van der Waals surface area (Å²) >= 11 is 0. The zero-order valence-corrected chi connectivity index (χ0v) is 10.2. The van der Waals surface area contributed by atoms with E-state index in [2.05, 4.69) is 0 Å². The summed E-state index contributed by atoms with van der Waals surface area (Å²) in [6.07, 6.45) is 0.856. The number of ether oxygens (including phenoxy) is 1. The lowest BCUT2D eigenvalue weighted by molar-refractivity contribution is 0.0773. The number of hydrogen-bond donors (Lipinski definition) is 1. The molecule has 0 aliphatic rings. The Labute approximate surface area is 96.6 Å². The van der Waals surface area contributed by atoms with Crippen molar-refractivity contribution in [3.05, 3.63) is 35.1 Å². The molecule has 1 aromatic rings. The molecule has 0 heterocycles. The van der Waals surface area contributed by atoms with Gasteiger partial charge < -0.3 is 10.5 Å². The highest BCUT2D eigenvalue weighted by atomic mass is 19.1. The second-order valence-corrected chi connectivity index (χ2v) is 4.57. The van der Waals surface area contributed by atoms with Crippen LogP contribution in [0.15, 0.2) is 18.2 Å². The van der Waals surface area contributed by atoms with E-state index in [4.69, 9.17) is 10.5 Å². The molecule has 0 spiro atoms. The summed E-state index contributed by atoms with van der Waals surface area (Å²) < 4.78 is 18.5. The van der Waals surface area contributed by atoms with E-state index in [9.17, 15) is 4.39 Å². The molecule has 0 bridgehead atoms. The van der Waals surface area contributed by atoms with Crippen LogP contribution < -0.4 is 5.73 Å². The average molecular weight is 225 g/mol. The summed E-state index contributed by atoms with van der Waals surface area (Å²) in [4.78, 5) is 0. The molecule has 0 radical (unpaired) electrons. The van der Waals surface area contributed by atoms with Crippen LogP contribution in [0.4, 0.5) is 4.39 Å². The number of rotatable bonds is 5. The molecule has 16 heavy (non-hydrogen) atoms. The van der Waals surface area contributed by atoms with Crippen molar-refractivity contribution in [1.29, 1.82) is 0 Å². The molecule has 2 nitrogen and oxygen atoms in total. The zero-order valence-electron chi connectivity index (χ0n) is 10.2. The first-order valence-electron chi connectivity index (χ1n) is 5.56. The van der Waals surface area contributed by atoms with Gasteiger partial charge in [-0.3, -0.25) is 0 Å². The normalized spacial score (nSPS) is 14.8. The molecular formula is C13H20FNO. The zero-order chi connectivity index (χ0) is 12.2. The fourth-order valence-corrected chi connectivity index (χ4v) is 1.29. The highest BCUT2D eigenvalue weighted by molar-refractivity contribution is 5.25. The highest BCUT2D eigenvalue weighted by Gasteiger charge is 2.15. The maximum atomic E-state index is 13.0. The monoisotopic (exact) mass is 225 g/mol. The molecule has 0 aliphatic carbocycles. The minimum Gasteiger partial charge on any atom is -0.375 e. The van der Waals surface area contributed by atoms with Crippen molar-refractivity contribution in [3.8, 4) is 0 Å². The van der Waals surface area contributed by atoms with Crippen molar-refractivity contribution in [1.82, 2.24) is 0 Å². The van der Waals surface area contributed by atoms with Gasteiger partial charge in [-0.15, -0.1) is 0 Å². The van der Waals surface area contributed by atoms with E-state index in [0.717, 1.165) is 17.5 Å². The van der Waals surface area contributed by atoms with E-state index < -0.39 is 0 Å². The van der Waals surface area contributed by atoms with Crippen LogP contribution in [0.1, 0.15) is 31.4 Å². The van der Waals surface area contributed by atoms with Gasteiger partial charge >= 0.3 is 0 Å². The molecule has 2 N–H and O–H groups in total. The van der Waals surface area contributed by atoms with Crippen LogP contribution in [0.3, 0.4) is 0 Å². The van der Waals surface area contributed by atoms with E-state index in [1.165, 1.54) is 12.1 Å². The molecule has 1 rings (SSSR count). The third-order valence-corrected chi connectivity index (χ3v) is 2.81. The predicted octanol–water partition coefficient (Wildman–Crippen LogP) is 2.78. The third kappa shape index (κ3) is 3.91. The lowest BCUT2D eigenvalue weighted by Crippen LogP contribution is -2.40.